The van der Waals surface area contributed by atoms with E-state index in [-0.39, 0.29) is 5.91 Å². The van der Waals surface area contributed by atoms with E-state index < -0.39 is 0 Å². The molecule has 2 aliphatic heterocycles. The minimum Gasteiger partial charge on any atom is -0.356 e. The van der Waals surface area contributed by atoms with E-state index in [0.717, 1.165) is 36.1 Å². The molecule has 0 bridgehead atoms. The van der Waals surface area contributed by atoms with Gasteiger partial charge in [0.15, 0.2) is 11.5 Å². The van der Waals surface area contributed by atoms with E-state index in [4.69, 9.17) is 9.51 Å². The Morgan fingerprint density at radius 2 is 1.62 bits per heavy atom. The molecule has 1 aromatic carbocycles. The van der Waals surface area contributed by atoms with E-state index in [1.807, 2.05) is 42.2 Å². The molecule has 32 heavy (non-hydrogen) atoms. The normalized spacial score (nSPS) is 17.0. The molecular weight excluding hydrogens is 404 g/mol. The lowest BCUT2D eigenvalue weighted by molar-refractivity contribution is 0.0736. The average Bonchev–Trinajstić information content (AvgIpc) is 3.35. The van der Waals surface area contributed by atoms with Crippen molar-refractivity contribution in [1.82, 2.24) is 20.0 Å². The molecule has 1 amide bonds. The fraction of sp³-hybridized carbons (Fsp3) is 0.417. The highest BCUT2D eigenvalue weighted by molar-refractivity contribution is 5.93. The quantitative estimate of drug-likeness (QED) is 0.625. The summed E-state index contributed by atoms with van der Waals surface area (Å²) < 4.78 is 5.40. The second-order valence-electron chi connectivity index (χ2n) is 8.44. The number of nitrogens with zero attached hydrogens (tertiary/aromatic N) is 6. The first-order chi connectivity index (χ1) is 15.7. The molecule has 3 aromatic rings. The topological polar surface area (TPSA) is 78.6 Å². The lowest BCUT2D eigenvalue weighted by atomic mass is 10.1. The zero-order valence-corrected chi connectivity index (χ0v) is 18.4. The molecule has 0 unspecified atom stereocenters. The number of aromatic nitrogens is 3. The Labute approximate surface area is 187 Å². The number of benzene rings is 1. The molecular formula is C24H28N6O2. The van der Waals surface area contributed by atoms with Gasteiger partial charge in [-0.05, 0) is 26.2 Å². The second kappa shape index (κ2) is 8.98. The van der Waals surface area contributed by atoms with Crippen LogP contribution in [0.1, 0.15) is 35.4 Å². The van der Waals surface area contributed by atoms with Crippen LogP contribution in [-0.4, -0.2) is 65.2 Å². The molecule has 166 valence electrons. The maximum Gasteiger partial charge on any atom is 0.276 e. The molecule has 0 radical (unpaired) electrons. The Morgan fingerprint density at radius 1 is 0.875 bits per heavy atom. The number of amides is 1. The van der Waals surface area contributed by atoms with Gasteiger partial charge in [0, 0.05) is 62.7 Å². The van der Waals surface area contributed by atoms with Crippen LogP contribution in [0, 0.1) is 6.92 Å². The third-order valence-corrected chi connectivity index (χ3v) is 6.15. The largest absolute Gasteiger partial charge is 0.356 e. The van der Waals surface area contributed by atoms with Gasteiger partial charge in [-0.25, -0.2) is 4.98 Å². The number of anilines is 2. The van der Waals surface area contributed by atoms with Crippen molar-refractivity contribution in [2.24, 2.45) is 0 Å². The van der Waals surface area contributed by atoms with Crippen LogP contribution in [0.4, 0.5) is 11.8 Å². The smallest absolute Gasteiger partial charge is 0.276 e. The van der Waals surface area contributed by atoms with Gasteiger partial charge in [0.05, 0.1) is 0 Å². The highest BCUT2D eigenvalue weighted by atomic mass is 16.5. The van der Waals surface area contributed by atoms with Gasteiger partial charge < -0.3 is 19.2 Å². The van der Waals surface area contributed by atoms with Crippen molar-refractivity contribution in [1.29, 1.82) is 0 Å². The second-order valence-corrected chi connectivity index (χ2v) is 8.44. The van der Waals surface area contributed by atoms with Crippen molar-refractivity contribution in [3.05, 3.63) is 53.9 Å². The van der Waals surface area contributed by atoms with E-state index >= 15 is 0 Å². The zero-order chi connectivity index (χ0) is 21.9. The van der Waals surface area contributed by atoms with Crippen molar-refractivity contribution in [2.75, 3.05) is 49.1 Å². The molecule has 5 rings (SSSR count). The molecule has 0 spiro atoms. The molecule has 2 fully saturated rings. The SMILES string of the molecule is Cc1cc(N2CCCCC2)nc(N2CCN(C(=O)c3cc(-c4ccccc4)on3)CC2)n1. The first kappa shape index (κ1) is 20.5. The van der Waals surface area contributed by atoms with Gasteiger partial charge in [0.25, 0.3) is 5.91 Å². The van der Waals surface area contributed by atoms with Crippen LogP contribution in [-0.2, 0) is 0 Å². The molecule has 0 saturated carbocycles. The fourth-order valence-corrected chi connectivity index (χ4v) is 4.35. The number of carbonyl (C=O) groups is 1. The summed E-state index contributed by atoms with van der Waals surface area (Å²) >= 11 is 0. The molecule has 2 aromatic heterocycles. The average molecular weight is 433 g/mol. The lowest BCUT2D eigenvalue weighted by Crippen LogP contribution is -2.49. The van der Waals surface area contributed by atoms with Crippen molar-refractivity contribution in [3.63, 3.8) is 0 Å². The summed E-state index contributed by atoms with van der Waals surface area (Å²) in [5.41, 5.74) is 2.23. The third-order valence-electron chi connectivity index (χ3n) is 6.15. The van der Waals surface area contributed by atoms with Crippen LogP contribution in [0.25, 0.3) is 11.3 Å². The van der Waals surface area contributed by atoms with E-state index in [0.29, 0.717) is 37.6 Å². The van der Waals surface area contributed by atoms with Crippen LogP contribution in [0.5, 0.6) is 0 Å². The Kier molecular flexibility index (Phi) is 5.75. The number of aryl methyl sites for hydroxylation is 1. The van der Waals surface area contributed by atoms with Gasteiger partial charge in [-0.15, -0.1) is 0 Å². The van der Waals surface area contributed by atoms with Crippen molar-refractivity contribution in [3.8, 4) is 11.3 Å². The maximum absolute atomic E-state index is 12.9. The monoisotopic (exact) mass is 432 g/mol. The molecule has 4 heterocycles. The summed E-state index contributed by atoms with van der Waals surface area (Å²) in [7, 11) is 0. The first-order valence-corrected chi connectivity index (χ1v) is 11.3. The highest BCUT2D eigenvalue weighted by Crippen LogP contribution is 2.23. The zero-order valence-electron chi connectivity index (χ0n) is 18.4. The predicted octanol–water partition coefficient (Wildman–Crippen LogP) is 3.39. The van der Waals surface area contributed by atoms with Gasteiger partial charge in [-0.2, -0.15) is 4.98 Å². The van der Waals surface area contributed by atoms with Crippen LogP contribution < -0.4 is 9.80 Å². The van der Waals surface area contributed by atoms with Crippen LogP contribution >= 0.6 is 0 Å². The summed E-state index contributed by atoms with van der Waals surface area (Å²) in [5, 5.41) is 4.01. The Morgan fingerprint density at radius 3 is 2.38 bits per heavy atom. The Hall–Kier alpha value is -3.42. The van der Waals surface area contributed by atoms with Gasteiger partial charge in [-0.3, -0.25) is 4.79 Å². The molecule has 0 aliphatic carbocycles. The number of rotatable bonds is 4. The van der Waals surface area contributed by atoms with Crippen molar-refractivity contribution >= 4 is 17.7 Å². The maximum atomic E-state index is 12.9. The predicted molar refractivity (Wildman–Crippen MR) is 123 cm³/mol. The van der Waals surface area contributed by atoms with Crippen molar-refractivity contribution < 1.29 is 9.32 Å². The van der Waals surface area contributed by atoms with E-state index in [1.54, 1.807) is 6.07 Å². The minimum absolute atomic E-state index is 0.102. The van der Waals surface area contributed by atoms with E-state index in [9.17, 15) is 4.79 Å². The first-order valence-electron chi connectivity index (χ1n) is 11.3. The summed E-state index contributed by atoms with van der Waals surface area (Å²) in [6.07, 6.45) is 3.72. The van der Waals surface area contributed by atoms with Gasteiger partial charge in [0.1, 0.15) is 5.82 Å². The molecule has 0 N–H and O–H groups in total. The fourth-order valence-electron chi connectivity index (χ4n) is 4.35. The molecule has 8 heteroatoms. The molecule has 2 aliphatic rings. The molecule has 2 saturated heterocycles. The summed E-state index contributed by atoms with van der Waals surface area (Å²) in [4.78, 5) is 28.8. The van der Waals surface area contributed by atoms with Crippen molar-refractivity contribution in [2.45, 2.75) is 26.2 Å². The highest BCUT2D eigenvalue weighted by Gasteiger charge is 2.26. The number of piperazine rings is 1. The standard InChI is InChI=1S/C24H28N6O2/c1-18-16-22(28-10-6-3-7-11-28)26-24(25-18)30-14-12-29(13-15-30)23(31)20-17-21(32-27-20)19-8-4-2-5-9-19/h2,4-5,8-9,16-17H,3,6-7,10-15H2,1H3. The Bertz CT molecular complexity index is 1070. The van der Waals surface area contributed by atoms with Gasteiger partial charge >= 0.3 is 0 Å². The minimum atomic E-state index is -0.102. The Balaban J connectivity index is 1.24. The molecule has 0 atom stereocenters. The lowest BCUT2D eigenvalue weighted by Gasteiger charge is -2.35. The van der Waals surface area contributed by atoms with E-state index in [1.165, 1.54) is 19.3 Å². The summed E-state index contributed by atoms with van der Waals surface area (Å²) in [6.45, 7) is 6.72. The molecule has 8 nitrogen and oxygen atoms in total. The van der Waals surface area contributed by atoms with Gasteiger partial charge in [-0.1, -0.05) is 35.5 Å². The number of carbonyl (C=O) groups excluding carboxylic acids is 1. The number of piperidine rings is 1. The van der Waals surface area contributed by atoms with Crippen LogP contribution in [0.15, 0.2) is 47.0 Å². The number of hydrogen-bond donors (Lipinski definition) is 0. The van der Waals surface area contributed by atoms with E-state index in [2.05, 4.69) is 26.0 Å². The summed E-state index contributed by atoms with van der Waals surface area (Å²) in [6, 6.07) is 13.5. The number of hydrogen-bond acceptors (Lipinski definition) is 7. The van der Waals surface area contributed by atoms with Gasteiger partial charge in [0.2, 0.25) is 5.95 Å². The van der Waals surface area contributed by atoms with Crippen LogP contribution in [0.3, 0.4) is 0 Å². The summed E-state index contributed by atoms with van der Waals surface area (Å²) in [5.74, 6) is 2.27. The van der Waals surface area contributed by atoms with Crippen LogP contribution in [0.2, 0.25) is 0 Å². The third kappa shape index (κ3) is 4.30.